The second-order valence-corrected chi connectivity index (χ2v) is 10.7. The summed E-state index contributed by atoms with van der Waals surface area (Å²) in [5.41, 5.74) is 8.06. The van der Waals surface area contributed by atoms with Gasteiger partial charge in [0, 0.05) is 17.0 Å². The van der Waals surface area contributed by atoms with Gasteiger partial charge in [-0.2, -0.15) is 0 Å². The molecule has 0 saturated heterocycles. The predicted molar refractivity (Wildman–Crippen MR) is 124 cm³/mol. The summed E-state index contributed by atoms with van der Waals surface area (Å²) in [4.78, 5) is 0.500. The minimum atomic E-state index is -3.79. The van der Waals surface area contributed by atoms with Crippen LogP contribution in [-0.2, 0) is 16.4 Å². The van der Waals surface area contributed by atoms with Crippen LogP contribution in [0.5, 0.6) is 0 Å². The van der Waals surface area contributed by atoms with E-state index in [1.807, 2.05) is 66.1 Å². The van der Waals surface area contributed by atoms with E-state index in [0.717, 1.165) is 11.1 Å². The second kappa shape index (κ2) is 8.47. The standard InChI is InChI=1S/C23H21ClN2O2S2/c1-16(25)29-23-22(30(27,28)19-13-11-18(24)12-14-19)20-9-5-6-10-21(20)26(23)15-17-7-3-2-4-8-17/h2-14,16H,15,25H2,1H3. The van der Waals surface area contributed by atoms with Gasteiger partial charge in [-0.3, -0.25) is 0 Å². The number of nitrogens with two attached hydrogens (primary N) is 1. The fourth-order valence-electron chi connectivity index (χ4n) is 3.46. The molecule has 0 saturated carbocycles. The van der Waals surface area contributed by atoms with E-state index in [-0.39, 0.29) is 10.3 Å². The zero-order chi connectivity index (χ0) is 21.3. The van der Waals surface area contributed by atoms with Crippen molar-refractivity contribution in [3.8, 4) is 0 Å². The van der Waals surface area contributed by atoms with Gasteiger partial charge in [0.1, 0.15) is 4.90 Å². The molecule has 4 rings (SSSR count). The van der Waals surface area contributed by atoms with E-state index < -0.39 is 9.84 Å². The molecule has 1 atom stereocenters. The van der Waals surface area contributed by atoms with Crippen LogP contribution in [-0.4, -0.2) is 18.4 Å². The number of rotatable bonds is 6. The molecule has 2 N–H and O–H groups in total. The molecule has 1 aromatic heterocycles. The number of thioether (sulfide) groups is 1. The first-order chi connectivity index (χ1) is 14.4. The molecule has 0 radical (unpaired) electrons. The Balaban J connectivity index is 2.00. The number of halogens is 1. The van der Waals surface area contributed by atoms with Crippen molar-refractivity contribution in [2.75, 3.05) is 0 Å². The highest BCUT2D eigenvalue weighted by Gasteiger charge is 2.29. The Morgan fingerprint density at radius 1 is 0.967 bits per heavy atom. The van der Waals surface area contributed by atoms with Gasteiger partial charge in [0.25, 0.3) is 0 Å². The quantitative estimate of drug-likeness (QED) is 0.304. The lowest BCUT2D eigenvalue weighted by molar-refractivity contribution is 0.592. The Morgan fingerprint density at radius 3 is 2.27 bits per heavy atom. The summed E-state index contributed by atoms with van der Waals surface area (Å²) < 4.78 is 29.5. The molecule has 0 aliphatic carbocycles. The third kappa shape index (κ3) is 4.01. The van der Waals surface area contributed by atoms with E-state index in [0.29, 0.717) is 26.9 Å². The van der Waals surface area contributed by atoms with Crippen LogP contribution in [0.3, 0.4) is 0 Å². The zero-order valence-corrected chi connectivity index (χ0v) is 18.7. The summed E-state index contributed by atoms with van der Waals surface area (Å²) in [6, 6.07) is 23.8. The highest BCUT2D eigenvalue weighted by molar-refractivity contribution is 8.00. The van der Waals surface area contributed by atoms with Gasteiger partial charge >= 0.3 is 0 Å². The van der Waals surface area contributed by atoms with Crippen molar-refractivity contribution in [2.45, 2.75) is 33.7 Å². The van der Waals surface area contributed by atoms with Gasteiger partial charge < -0.3 is 10.3 Å². The molecular weight excluding hydrogens is 436 g/mol. The molecule has 4 aromatic rings. The molecule has 154 valence electrons. The molecule has 30 heavy (non-hydrogen) atoms. The van der Waals surface area contributed by atoms with Crippen molar-refractivity contribution in [1.82, 2.24) is 4.57 Å². The molecule has 4 nitrogen and oxygen atoms in total. The molecule has 1 heterocycles. The Labute approximate surface area is 185 Å². The molecule has 1 unspecified atom stereocenters. The smallest absolute Gasteiger partial charge is 0.209 e. The Bertz CT molecular complexity index is 1280. The van der Waals surface area contributed by atoms with Crippen LogP contribution in [0.25, 0.3) is 10.9 Å². The Kier molecular flexibility index (Phi) is 5.93. The lowest BCUT2D eigenvalue weighted by Crippen LogP contribution is -2.13. The van der Waals surface area contributed by atoms with Crippen LogP contribution in [0.1, 0.15) is 12.5 Å². The number of sulfone groups is 1. The lowest BCUT2D eigenvalue weighted by atomic mass is 10.2. The molecule has 0 aliphatic heterocycles. The molecule has 0 fully saturated rings. The van der Waals surface area contributed by atoms with E-state index in [1.165, 1.54) is 11.8 Å². The normalized spacial score (nSPS) is 12.9. The number of fused-ring (bicyclic) bond motifs is 1. The minimum Gasteiger partial charge on any atom is -0.330 e. The van der Waals surface area contributed by atoms with Gasteiger partial charge in [-0.1, -0.05) is 71.9 Å². The SMILES string of the molecule is CC(N)Sc1c(S(=O)(=O)c2ccc(Cl)cc2)c2ccccc2n1Cc1ccccc1. The maximum Gasteiger partial charge on any atom is 0.209 e. The van der Waals surface area contributed by atoms with Crippen LogP contribution in [0.4, 0.5) is 0 Å². The maximum absolute atomic E-state index is 13.7. The Morgan fingerprint density at radius 2 is 1.60 bits per heavy atom. The van der Waals surface area contributed by atoms with Crippen molar-refractivity contribution < 1.29 is 8.42 Å². The molecule has 7 heteroatoms. The van der Waals surface area contributed by atoms with Crippen molar-refractivity contribution in [3.05, 3.63) is 89.4 Å². The number of hydrogen-bond acceptors (Lipinski definition) is 4. The van der Waals surface area contributed by atoms with Crippen LogP contribution in [0.2, 0.25) is 5.02 Å². The van der Waals surface area contributed by atoms with E-state index >= 15 is 0 Å². The summed E-state index contributed by atoms with van der Waals surface area (Å²) in [5.74, 6) is 0. The van der Waals surface area contributed by atoms with Gasteiger partial charge in [-0.25, -0.2) is 8.42 Å². The average Bonchev–Trinajstić information content (AvgIpc) is 3.02. The van der Waals surface area contributed by atoms with Crippen molar-refractivity contribution in [1.29, 1.82) is 0 Å². The minimum absolute atomic E-state index is 0.209. The van der Waals surface area contributed by atoms with Crippen LogP contribution in [0, 0.1) is 0 Å². The summed E-state index contributed by atoms with van der Waals surface area (Å²) in [5, 5.41) is 1.55. The monoisotopic (exact) mass is 456 g/mol. The Hall–Kier alpha value is -2.25. The van der Waals surface area contributed by atoms with Crippen LogP contribution >= 0.6 is 23.4 Å². The fourth-order valence-corrected chi connectivity index (χ4v) is 6.45. The zero-order valence-electron chi connectivity index (χ0n) is 16.3. The molecule has 0 spiro atoms. The average molecular weight is 457 g/mol. The summed E-state index contributed by atoms with van der Waals surface area (Å²) in [7, 11) is -3.79. The van der Waals surface area contributed by atoms with Gasteiger partial charge in [-0.05, 0) is 42.8 Å². The number of benzene rings is 3. The van der Waals surface area contributed by atoms with E-state index in [1.54, 1.807) is 24.3 Å². The first-order valence-electron chi connectivity index (χ1n) is 9.46. The topological polar surface area (TPSA) is 65.1 Å². The molecule has 0 bridgehead atoms. The fraction of sp³-hybridized carbons (Fsp3) is 0.130. The molecular formula is C23H21ClN2O2S2. The van der Waals surface area contributed by atoms with Crippen molar-refractivity contribution in [2.24, 2.45) is 5.73 Å². The third-order valence-electron chi connectivity index (χ3n) is 4.75. The summed E-state index contributed by atoms with van der Waals surface area (Å²) in [6.45, 7) is 2.40. The number of hydrogen-bond donors (Lipinski definition) is 1. The molecule has 0 aliphatic rings. The molecule has 3 aromatic carbocycles. The van der Waals surface area contributed by atoms with Gasteiger partial charge in [0.05, 0.1) is 20.8 Å². The largest absolute Gasteiger partial charge is 0.330 e. The van der Waals surface area contributed by atoms with E-state index in [2.05, 4.69) is 0 Å². The van der Waals surface area contributed by atoms with Gasteiger partial charge in [-0.15, -0.1) is 0 Å². The summed E-state index contributed by atoms with van der Waals surface area (Å²) in [6.07, 6.45) is 0. The van der Waals surface area contributed by atoms with Crippen molar-refractivity contribution in [3.63, 3.8) is 0 Å². The highest BCUT2D eigenvalue weighted by atomic mass is 35.5. The number of aromatic nitrogens is 1. The first kappa shape index (κ1) is 21.0. The number of para-hydroxylation sites is 1. The lowest BCUT2D eigenvalue weighted by Gasteiger charge is -2.14. The molecule has 0 amide bonds. The van der Waals surface area contributed by atoms with Gasteiger partial charge in [0.2, 0.25) is 9.84 Å². The first-order valence-corrected chi connectivity index (χ1v) is 12.2. The third-order valence-corrected chi connectivity index (χ3v) is 8.00. The van der Waals surface area contributed by atoms with Crippen LogP contribution < -0.4 is 5.73 Å². The summed E-state index contributed by atoms with van der Waals surface area (Å²) >= 11 is 7.33. The van der Waals surface area contributed by atoms with Crippen molar-refractivity contribution >= 4 is 44.1 Å². The maximum atomic E-state index is 13.7. The van der Waals surface area contributed by atoms with Crippen LogP contribution in [0.15, 0.2) is 93.7 Å². The van der Waals surface area contributed by atoms with E-state index in [4.69, 9.17) is 17.3 Å². The second-order valence-electron chi connectivity index (χ2n) is 7.00. The van der Waals surface area contributed by atoms with Gasteiger partial charge in [0.15, 0.2) is 0 Å². The predicted octanol–water partition coefficient (Wildman–Crippen LogP) is 5.57. The highest BCUT2D eigenvalue weighted by Crippen LogP contribution is 2.40. The number of nitrogens with zero attached hydrogens (tertiary/aromatic N) is 1. The van der Waals surface area contributed by atoms with E-state index in [9.17, 15) is 8.42 Å².